The van der Waals surface area contributed by atoms with E-state index in [4.69, 9.17) is 4.98 Å². The maximum atomic E-state index is 4.71. The van der Waals surface area contributed by atoms with E-state index in [0.717, 1.165) is 23.9 Å². The molecule has 0 aliphatic rings. The molecule has 4 heteroatoms. The van der Waals surface area contributed by atoms with Crippen LogP contribution >= 0.6 is 11.3 Å². The van der Waals surface area contributed by atoms with Gasteiger partial charge in [-0.2, -0.15) is 0 Å². The third kappa shape index (κ3) is 3.68. The van der Waals surface area contributed by atoms with Crippen molar-refractivity contribution >= 4 is 16.5 Å². The van der Waals surface area contributed by atoms with Crippen molar-refractivity contribution in [1.82, 2.24) is 10.3 Å². The Morgan fingerprint density at radius 3 is 2.47 bits per heavy atom. The Balaban J connectivity index is 2.90. The predicted octanol–water partition coefficient (Wildman–Crippen LogP) is 3.21. The molecule has 3 nitrogen and oxygen atoms in total. The normalized spacial score (nSPS) is 13.1. The van der Waals surface area contributed by atoms with E-state index in [1.54, 1.807) is 0 Å². The molecule has 0 radical (unpaired) electrons. The molecule has 0 spiro atoms. The van der Waals surface area contributed by atoms with Gasteiger partial charge in [0.1, 0.15) is 0 Å². The second-order valence-corrected chi connectivity index (χ2v) is 5.90. The van der Waals surface area contributed by atoms with Gasteiger partial charge in [0.05, 0.1) is 5.69 Å². The Kier molecular flexibility index (Phi) is 5.40. The first-order chi connectivity index (χ1) is 7.99. The Morgan fingerprint density at radius 1 is 1.35 bits per heavy atom. The summed E-state index contributed by atoms with van der Waals surface area (Å²) in [5, 5.41) is 4.45. The molecule has 98 valence electrons. The van der Waals surface area contributed by atoms with Crippen molar-refractivity contribution in [3.05, 3.63) is 10.6 Å². The Bertz CT molecular complexity index is 346. The number of thiazole rings is 1. The average molecular weight is 255 g/mol. The van der Waals surface area contributed by atoms with Crippen LogP contribution in [0.4, 0.5) is 5.13 Å². The van der Waals surface area contributed by atoms with Crippen molar-refractivity contribution in [2.75, 3.05) is 25.0 Å². The second kappa shape index (κ2) is 6.36. The van der Waals surface area contributed by atoms with Crippen molar-refractivity contribution in [3.63, 3.8) is 0 Å². The van der Waals surface area contributed by atoms with Crippen LogP contribution in [-0.4, -0.2) is 25.1 Å². The smallest absolute Gasteiger partial charge is 0.185 e. The zero-order valence-corrected chi connectivity index (χ0v) is 12.7. The first-order valence-electron chi connectivity index (χ1n) is 6.39. The summed E-state index contributed by atoms with van der Waals surface area (Å²) in [7, 11) is 2.00. The van der Waals surface area contributed by atoms with Crippen LogP contribution in [0.2, 0.25) is 0 Å². The molecule has 0 bridgehead atoms. The van der Waals surface area contributed by atoms with E-state index in [1.807, 2.05) is 18.4 Å². The number of nitrogens with zero attached hydrogens (tertiary/aromatic N) is 2. The topological polar surface area (TPSA) is 28.2 Å². The summed E-state index contributed by atoms with van der Waals surface area (Å²) < 4.78 is 0. The molecule has 0 saturated carbocycles. The van der Waals surface area contributed by atoms with Crippen LogP contribution in [0, 0.1) is 12.8 Å². The van der Waals surface area contributed by atoms with E-state index in [0.29, 0.717) is 12.0 Å². The van der Waals surface area contributed by atoms with Crippen molar-refractivity contribution in [2.24, 2.45) is 5.92 Å². The average Bonchev–Trinajstić information content (AvgIpc) is 2.66. The van der Waals surface area contributed by atoms with E-state index in [-0.39, 0.29) is 0 Å². The lowest BCUT2D eigenvalue weighted by atomic mass is 10.2. The molecular formula is C13H25N3S. The zero-order valence-electron chi connectivity index (χ0n) is 11.9. The van der Waals surface area contributed by atoms with Crippen LogP contribution in [0.15, 0.2) is 0 Å². The van der Waals surface area contributed by atoms with Crippen molar-refractivity contribution in [1.29, 1.82) is 0 Å². The molecule has 1 aromatic heterocycles. The summed E-state index contributed by atoms with van der Waals surface area (Å²) >= 11 is 1.82. The Morgan fingerprint density at radius 2 is 2.00 bits per heavy atom. The largest absolute Gasteiger partial charge is 0.348 e. The van der Waals surface area contributed by atoms with E-state index in [1.165, 1.54) is 4.88 Å². The summed E-state index contributed by atoms with van der Waals surface area (Å²) in [6.07, 6.45) is 0. The minimum Gasteiger partial charge on any atom is -0.348 e. The molecule has 1 rings (SSSR count). The molecular weight excluding hydrogens is 230 g/mol. The highest BCUT2D eigenvalue weighted by Crippen LogP contribution is 2.30. The van der Waals surface area contributed by atoms with Crippen molar-refractivity contribution < 1.29 is 0 Å². The van der Waals surface area contributed by atoms with Gasteiger partial charge in [-0.25, -0.2) is 4.98 Å². The Labute approximate surface area is 109 Å². The van der Waals surface area contributed by atoms with Gasteiger partial charge in [-0.3, -0.25) is 0 Å². The summed E-state index contributed by atoms with van der Waals surface area (Å²) in [5.74, 6) is 0.671. The highest BCUT2D eigenvalue weighted by Gasteiger charge is 2.16. The molecule has 1 aromatic rings. The highest BCUT2D eigenvalue weighted by atomic mass is 32.1. The molecule has 0 fully saturated rings. The zero-order chi connectivity index (χ0) is 13.0. The van der Waals surface area contributed by atoms with Gasteiger partial charge < -0.3 is 10.2 Å². The summed E-state index contributed by atoms with van der Waals surface area (Å²) in [6, 6.07) is 0.388. The van der Waals surface area contributed by atoms with Gasteiger partial charge in [0.2, 0.25) is 0 Å². The molecule has 1 atom stereocenters. The summed E-state index contributed by atoms with van der Waals surface area (Å²) in [6.45, 7) is 13.1. The van der Waals surface area contributed by atoms with Gasteiger partial charge in [-0.15, -0.1) is 11.3 Å². The third-order valence-corrected chi connectivity index (χ3v) is 4.29. The van der Waals surface area contributed by atoms with Crippen molar-refractivity contribution in [2.45, 2.75) is 40.7 Å². The van der Waals surface area contributed by atoms with E-state index < -0.39 is 0 Å². The maximum Gasteiger partial charge on any atom is 0.185 e. The van der Waals surface area contributed by atoms with E-state index in [2.05, 4.69) is 44.8 Å². The Hall–Kier alpha value is -0.610. The predicted molar refractivity (Wildman–Crippen MR) is 77.1 cm³/mol. The minimum absolute atomic E-state index is 0.388. The number of aromatic nitrogens is 1. The van der Waals surface area contributed by atoms with E-state index in [9.17, 15) is 0 Å². The van der Waals surface area contributed by atoms with Crippen LogP contribution in [-0.2, 0) is 0 Å². The van der Waals surface area contributed by atoms with Gasteiger partial charge in [0.25, 0.3) is 0 Å². The first-order valence-corrected chi connectivity index (χ1v) is 7.20. The van der Waals surface area contributed by atoms with Gasteiger partial charge >= 0.3 is 0 Å². The highest BCUT2D eigenvalue weighted by molar-refractivity contribution is 7.15. The number of nitrogens with one attached hydrogen (secondary N) is 1. The second-order valence-electron chi connectivity index (χ2n) is 4.89. The fourth-order valence-electron chi connectivity index (χ4n) is 1.84. The van der Waals surface area contributed by atoms with Gasteiger partial charge in [-0.05, 0) is 33.7 Å². The number of aryl methyl sites for hydroxylation is 1. The quantitative estimate of drug-likeness (QED) is 0.846. The molecule has 1 N–H and O–H groups in total. The number of anilines is 1. The van der Waals surface area contributed by atoms with Crippen LogP contribution in [0.5, 0.6) is 0 Å². The number of rotatable bonds is 6. The first kappa shape index (κ1) is 14.5. The monoisotopic (exact) mass is 255 g/mol. The van der Waals surface area contributed by atoms with Gasteiger partial charge in [0.15, 0.2) is 5.13 Å². The molecule has 17 heavy (non-hydrogen) atoms. The molecule has 1 unspecified atom stereocenters. The maximum absolute atomic E-state index is 4.71. The molecule has 0 saturated heterocycles. The van der Waals surface area contributed by atoms with Crippen LogP contribution in [0.1, 0.15) is 44.3 Å². The SMILES string of the molecule is CCN(CC(C)C)c1nc(C)c(C(C)NC)s1. The number of hydrogen-bond donors (Lipinski definition) is 1. The molecule has 0 aliphatic carbocycles. The van der Waals surface area contributed by atoms with Gasteiger partial charge in [0, 0.05) is 24.0 Å². The van der Waals surface area contributed by atoms with Crippen LogP contribution in [0.3, 0.4) is 0 Å². The standard InChI is InChI=1S/C13H25N3S/c1-7-16(8-9(2)3)13-15-11(5)12(17-13)10(4)14-6/h9-10,14H,7-8H2,1-6H3. The fourth-order valence-corrected chi connectivity index (χ4v) is 3.04. The molecule has 1 heterocycles. The van der Waals surface area contributed by atoms with Crippen molar-refractivity contribution in [3.8, 4) is 0 Å². The lowest BCUT2D eigenvalue weighted by Gasteiger charge is -2.21. The van der Waals surface area contributed by atoms with Crippen LogP contribution in [0.25, 0.3) is 0 Å². The lowest BCUT2D eigenvalue weighted by molar-refractivity contribution is 0.617. The molecule has 0 amide bonds. The fraction of sp³-hybridized carbons (Fsp3) is 0.769. The van der Waals surface area contributed by atoms with Gasteiger partial charge in [-0.1, -0.05) is 13.8 Å². The van der Waals surface area contributed by atoms with E-state index >= 15 is 0 Å². The summed E-state index contributed by atoms with van der Waals surface area (Å²) in [4.78, 5) is 8.43. The number of hydrogen-bond acceptors (Lipinski definition) is 4. The minimum atomic E-state index is 0.388. The molecule has 0 aromatic carbocycles. The van der Waals surface area contributed by atoms with Crippen LogP contribution < -0.4 is 10.2 Å². The molecule has 0 aliphatic heterocycles. The summed E-state index contributed by atoms with van der Waals surface area (Å²) in [5.41, 5.74) is 1.16. The lowest BCUT2D eigenvalue weighted by Crippen LogP contribution is -2.26. The third-order valence-electron chi connectivity index (χ3n) is 2.89.